The first-order valence-corrected chi connectivity index (χ1v) is 6.79. The Morgan fingerprint density at radius 1 is 1.05 bits per heavy atom. The van der Waals surface area contributed by atoms with E-state index in [4.69, 9.17) is 4.74 Å². The molecule has 19 heavy (non-hydrogen) atoms. The van der Waals surface area contributed by atoms with E-state index in [1.807, 2.05) is 0 Å². The van der Waals surface area contributed by atoms with Gasteiger partial charge in [-0.05, 0) is 23.6 Å². The Morgan fingerprint density at radius 3 is 2.47 bits per heavy atom. The highest BCUT2D eigenvalue weighted by molar-refractivity contribution is 5.64. The topological polar surface area (TPSA) is 21.3 Å². The van der Waals surface area contributed by atoms with E-state index in [2.05, 4.69) is 60.8 Å². The molecule has 0 aromatic heterocycles. The molecule has 0 radical (unpaired) electrons. The number of nitrogens with one attached hydrogen (secondary N) is 1. The standard InChI is InChI=1S/C17H19NO/c1-13-3-2-4-16(9-13)15-7-5-14(6-8-15)12-19-17-10-18-11-17/h2-9,17-18H,10-12H2,1H3. The summed E-state index contributed by atoms with van der Waals surface area (Å²) in [6, 6.07) is 17.3. The quantitative estimate of drug-likeness (QED) is 0.903. The molecule has 1 heterocycles. The minimum Gasteiger partial charge on any atom is -0.371 e. The molecular weight excluding hydrogens is 234 g/mol. The molecule has 2 aromatic carbocycles. The van der Waals surface area contributed by atoms with Gasteiger partial charge >= 0.3 is 0 Å². The summed E-state index contributed by atoms with van der Waals surface area (Å²) in [7, 11) is 0. The molecule has 0 spiro atoms. The summed E-state index contributed by atoms with van der Waals surface area (Å²) in [5.74, 6) is 0. The van der Waals surface area contributed by atoms with E-state index < -0.39 is 0 Å². The summed E-state index contributed by atoms with van der Waals surface area (Å²) in [5.41, 5.74) is 5.07. The van der Waals surface area contributed by atoms with Gasteiger partial charge in [-0.15, -0.1) is 0 Å². The Labute approximate surface area is 114 Å². The maximum atomic E-state index is 5.77. The van der Waals surface area contributed by atoms with Crippen molar-refractivity contribution in [2.75, 3.05) is 13.1 Å². The molecule has 1 aliphatic heterocycles. The summed E-state index contributed by atoms with van der Waals surface area (Å²) in [6.07, 6.45) is 0.399. The molecule has 0 aliphatic carbocycles. The summed E-state index contributed by atoms with van der Waals surface area (Å²) >= 11 is 0. The van der Waals surface area contributed by atoms with Crippen LogP contribution in [-0.2, 0) is 11.3 Å². The molecule has 1 saturated heterocycles. The van der Waals surface area contributed by atoms with Gasteiger partial charge in [-0.25, -0.2) is 0 Å². The number of rotatable bonds is 4. The Balaban J connectivity index is 1.67. The van der Waals surface area contributed by atoms with Crippen molar-refractivity contribution in [3.05, 3.63) is 59.7 Å². The highest BCUT2D eigenvalue weighted by Gasteiger charge is 2.16. The van der Waals surface area contributed by atoms with Crippen LogP contribution in [-0.4, -0.2) is 19.2 Å². The summed E-state index contributed by atoms with van der Waals surface area (Å²) in [4.78, 5) is 0. The highest BCUT2D eigenvalue weighted by atomic mass is 16.5. The lowest BCUT2D eigenvalue weighted by atomic mass is 10.0. The molecule has 98 valence electrons. The van der Waals surface area contributed by atoms with E-state index in [1.54, 1.807) is 0 Å². The molecule has 0 unspecified atom stereocenters. The number of aryl methyl sites for hydroxylation is 1. The monoisotopic (exact) mass is 253 g/mol. The molecule has 1 N–H and O–H groups in total. The minimum absolute atomic E-state index is 0.399. The normalized spacial score (nSPS) is 15.2. The average Bonchev–Trinajstić information content (AvgIpc) is 2.38. The van der Waals surface area contributed by atoms with Crippen LogP contribution in [0.25, 0.3) is 11.1 Å². The number of hydrogen-bond donors (Lipinski definition) is 1. The Bertz CT molecular complexity index is 543. The summed E-state index contributed by atoms with van der Waals surface area (Å²) in [6.45, 7) is 4.81. The van der Waals surface area contributed by atoms with Gasteiger partial charge in [0.25, 0.3) is 0 Å². The van der Waals surface area contributed by atoms with Crippen molar-refractivity contribution in [1.29, 1.82) is 0 Å². The van der Waals surface area contributed by atoms with E-state index in [0.29, 0.717) is 12.7 Å². The molecule has 2 nitrogen and oxygen atoms in total. The van der Waals surface area contributed by atoms with Crippen LogP contribution in [0.1, 0.15) is 11.1 Å². The number of ether oxygens (including phenoxy) is 1. The van der Waals surface area contributed by atoms with Crippen LogP contribution in [0.2, 0.25) is 0 Å². The molecular formula is C17H19NO. The fraction of sp³-hybridized carbons (Fsp3) is 0.294. The number of benzene rings is 2. The second kappa shape index (κ2) is 5.55. The van der Waals surface area contributed by atoms with Crippen molar-refractivity contribution < 1.29 is 4.74 Å². The van der Waals surface area contributed by atoms with Crippen molar-refractivity contribution in [2.24, 2.45) is 0 Å². The average molecular weight is 253 g/mol. The van der Waals surface area contributed by atoms with Gasteiger partial charge < -0.3 is 10.1 Å². The minimum atomic E-state index is 0.399. The van der Waals surface area contributed by atoms with E-state index in [0.717, 1.165) is 13.1 Å². The second-order valence-corrected chi connectivity index (χ2v) is 5.16. The van der Waals surface area contributed by atoms with Gasteiger partial charge in [0.1, 0.15) is 0 Å². The van der Waals surface area contributed by atoms with Gasteiger partial charge in [-0.2, -0.15) is 0 Å². The van der Waals surface area contributed by atoms with Crippen molar-refractivity contribution in [3.63, 3.8) is 0 Å². The molecule has 3 rings (SSSR count). The lowest BCUT2D eigenvalue weighted by Gasteiger charge is -2.27. The van der Waals surface area contributed by atoms with Gasteiger partial charge in [0.2, 0.25) is 0 Å². The van der Waals surface area contributed by atoms with Gasteiger partial charge in [-0.3, -0.25) is 0 Å². The molecule has 0 saturated carbocycles. The zero-order chi connectivity index (χ0) is 13.1. The van der Waals surface area contributed by atoms with Crippen molar-refractivity contribution in [2.45, 2.75) is 19.6 Å². The van der Waals surface area contributed by atoms with Crippen LogP contribution in [0.15, 0.2) is 48.5 Å². The highest BCUT2D eigenvalue weighted by Crippen LogP contribution is 2.21. The number of hydrogen-bond acceptors (Lipinski definition) is 2. The molecule has 2 heteroatoms. The lowest BCUT2D eigenvalue weighted by Crippen LogP contribution is -2.48. The van der Waals surface area contributed by atoms with Crippen LogP contribution in [0, 0.1) is 6.92 Å². The summed E-state index contributed by atoms with van der Waals surface area (Å²) in [5, 5.41) is 3.21. The smallest absolute Gasteiger partial charge is 0.0828 e. The van der Waals surface area contributed by atoms with Gasteiger partial charge in [0, 0.05) is 13.1 Å². The fourth-order valence-corrected chi connectivity index (χ4v) is 2.21. The third kappa shape index (κ3) is 3.03. The fourth-order valence-electron chi connectivity index (χ4n) is 2.21. The predicted octanol–water partition coefficient (Wildman–Crippen LogP) is 3.15. The largest absolute Gasteiger partial charge is 0.371 e. The van der Waals surface area contributed by atoms with E-state index >= 15 is 0 Å². The maximum Gasteiger partial charge on any atom is 0.0828 e. The van der Waals surface area contributed by atoms with Crippen LogP contribution in [0.4, 0.5) is 0 Å². The van der Waals surface area contributed by atoms with E-state index in [1.165, 1.54) is 22.3 Å². The first kappa shape index (κ1) is 12.4. The van der Waals surface area contributed by atoms with Crippen molar-refractivity contribution in [1.82, 2.24) is 5.32 Å². The molecule has 0 amide bonds. The van der Waals surface area contributed by atoms with Crippen LogP contribution >= 0.6 is 0 Å². The van der Waals surface area contributed by atoms with Crippen molar-refractivity contribution >= 4 is 0 Å². The van der Waals surface area contributed by atoms with E-state index in [-0.39, 0.29) is 0 Å². The first-order chi connectivity index (χ1) is 9.31. The summed E-state index contributed by atoms with van der Waals surface area (Å²) < 4.78 is 5.77. The molecule has 2 aromatic rings. The Kier molecular flexibility index (Phi) is 3.62. The zero-order valence-corrected chi connectivity index (χ0v) is 11.2. The SMILES string of the molecule is Cc1cccc(-c2ccc(COC3CNC3)cc2)c1. The maximum absolute atomic E-state index is 5.77. The Morgan fingerprint density at radius 2 is 1.84 bits per heavy atom. The second-order valence-electron chi connectivity index (χ2n) is 5.16. The van der Waals surface area contributed by atoms with Crippen molar-refractivity contribution in [3.8, 4) is 11.1 Å². The third-order valence-electron chi connectivity index (χ3n) is 3.54. The molecule has 1 aliphatic rings. The first-order valence-electron chi connectivity index (χ1n) is 6.79. The van der Waals surface area contributed by atoms with Gasteiger partial charge in [0.05, 0.1) is 12.7 Å². The van der Waals surface area contributed by atoms with E-state index in [9.17, 15) is 0 Å². The van der Waals surface area contributed by atoms with Gasteiger partial charge in [-0.1, -0.05) is 54.1 Å². The predicted molar refractivity (Wildman–Crippen MR) is 78.1 cm³/mol. The molecule has 1 fully saturated rings. The third-order valence-corrected chi connectivity index (χ3v) is 3.54. The van der Waals surface area contributed by atoms with Crippen LogP contribution in [0.5, 0.6) is 0 Å². The lowest BCUT2D eigenvalue weighted by molar-refractivity contribution is 0.00759. The van der Waals surface area contributed by atoms with Gasteiger partial charge in [0.15, 0.2) is 0 Å². The Hall–Kier alpha value is -1.64. The molecule has 0 bridgehead atoms. The zero-order valence-electron chi connectivity index (χ0n) is 11.2. The van der Waals surface area contributed by atoms with Crippen LogP contribution in [0.3, 0.4) is 0 Å². The molecule has 0 atom stereocenters. The van der Waals surface area contributed by atoms with Crippen LogP contribution < -0.4 is 5.32 Å².